The van der Waals surface area contributed by atoms with Crippen LogP contribution in [0.4, 0.5) is 5.69 Å². The van der Waals surface area contributed by atoms with E-state index in [-0.39, 0.29) is 22.8 Å². The zero-order valence-electron chi connectivity index (χ0n) is 20.5. The Morgan fingerprint density at radius 3 is 2.79 bits per heavy atom. The second-order valence-electron chi connectivity index (χ2n) is 8.18. The maximum absolute atomic E-state index is 13.6. The third-order valence-corrected chi connectivity index (χ3v) is 7.81. The zero-order valence-corrected chi connectivity index (χ0v) is 22.2. The van der Waals surface area contributed by atoms with E-state index in [1.165, 1.54) is 46.5 Å². The molecular formula is C26H22N3O7S2+. The fourth-order valence-corrected chi connectivity index (χ4v) is 6.06. The van der Waals surface area contributed by atoms with Gasteiger partial charge in [0.25, 0.3) is 10.5 Å². The second kappa shape index (κ2) is 10.2. The van der Waals surface area contributed by atoms with Crippen molar-refractivity contribution in [2.75, 3.05) is 13.7 Å². The number of allylic oxidation sites excluding steroid dienone is 1. The van der Waals surface area contributed by atoms with Gasteiger partial charge in [0.2, 0.25) is 0 Å². The van der Waals surface area contributed by atoms with E-state index in [9.17, 15) is 14.5 Å². The Morgan fingerprint density at radius 1 is 1.29 bits per heavy atom. The van der Waals surface area contributed by atoms with Crippen LogP contribution < -0.4 is 19.6 Å². The number of nitrogens with zero attached hydrogens (tertiary/aromatic N) is 3. The van der Waals surface area contributed by atoms with Crippen LogP contribution in [0.15, 0.2) is 73.3 Å². The Hall–Kier alpha value is -4.29. The summed E-state index contributed by atoms with van der Waals surface area (Å²) in [7, 11) is 1.44. The van der Waals surface area contributed by atoms with Crippen molar-refractivity contribution in [1.29, 1.82) is 0 Å². The van der Waals surface area contributed by atoms with Gasteiger partial charge in [0.15, 0.2) is 4.80 Å². The molecule has 10 nitrogen and oxygen atoms in total. The first kappa shape index (κ1) is 25.4. The summed E-state index contributed by atoms with van der Waals surface area (Å²) in [6.07, 6.45) is 1.62. The predicted octanol–water partition coefficient (Wildman–Crippen LogP) is 3.93. The van der Waals surface area contributed by atoms with Gasteiger partial charge in [-0.1, -0.05) is 17.4 Å². The number of methoxy groups -OCH3 is 1. The summed E-state index contributed by atoms with van der Waals surface area (Å²) in [6, 6.07) is 10.9. The van der Waals surface area contributed by atoms with Crippen molar-refractivity contribution >= 4 is 40.4 Å². The molecule has 0 radical (unpaired) electrons. The van der Waals surface area contributed by atoms with Gasteiger partial charge in [0.05, 0.1) is 46.1 Å². The summed E-state index contributed by atoms with van der Waals surface area (Å²) >= 11 is 2.65. The Labute approximate surface area is 223 Å². The number of esters is 1. The van der Waals surface area contributed by atoms with E-state index in [1.807, 2.05) is 17.5 Å². The maximum atomic E-state index is 13.6. The number of furan rings is 1. The fourth-order valence-electron chi connectivity index (χ4n) is 4.21. The molecule has 4 aromatic rings. The van der Waals surface area contributed by atoms with E-state index in [0.29, 0.717) is 43.4 Å². The summed E-state index contributed by atoms with van der Waals surface area (Å²) in [5.74, 6) is 0.687. The maximum Gasteiger partial charge on any atom is 0.338 e. The molecule has 1 unspecified atom stereocenters. The molecule has 0 bridgehead atoms. The number of hydrogen-bond donors (Lipinski definition) is 1. The van der Waals surface area contributed by atoms with Crippen LogP contribution in [-0.4, -0.2) is 34.4 Å². The van der Waals surface area contributed by atoms with Gasteiger partial charge >= 0.3 is 11.7 Å². The largest absolute Gasteiger partial charge is 0.496 e. The standard InChI is InChI=1S/C26H22N3O7S2/c1-4-35-25(31)22-14(2)27-26-28(23(22)20-6-5-11-37-20)24(30)21(38-26)13-16-8-10-18(36-16)17-9-7-15(29(32)33)12-19(17)34-3/h5-13,23H,4H2,1-3H3,(H,32,33)/q+1/b21-13+. The van der Waals surface area contributed by atoms with E-state index < -0.39 is 12.0 Å². The molecule has 0 saturated carbocycles. The molecule has 1 aliphatic heterocycles. The van der Waals surface area contributed by atoms with Gasteiger partial charge in [-0.3, -0.25) is 9.36 Å². The highest BCUT2D eigenvalue weighted by Gasteiger charge is 2.34. The van der Waals surface area contributed by atoms with Crippen LogP contribution in [0.2, 0.25) is 0 Å². The number of hydrogen-bond acceptors (Lipinski definition) is 9. The minimum atomic E-state index is -0.644. The first-order valence-corrected chi connectivity index (χ1v) is 13.2. The molecule has 1 atom stereocenters. The molecule has 1 N–H and O–H groups in total. The highest BCUT2D eigenvalue weighted by atomic mass is 32.1. The monoisotopic (exact) mass is 552 g/mol. The molecule has 12 heteroatoms. The molecule has 4 heterocycles. The number of aromatic nitrogens is 1. The summed E-state index contributed by atoms with van der Waals surface area (Å²) in [5.41, 5.74) is 1.11. The Kier molecular flexibility index (Phi) is 6.83. The first-order valence-electron chi connectivity index (χ1n) is 11.5. The lowest BCUT2D eigenvalue weighted by Crippen LogP contribution is -2.39. The molecule has 0 saturated heterocycles. The Balaban J connectivity index is 1.59. The number of thiophene rings is 1. The lowest BCUT2D eigenvalue weighted by Gasteiger charge is -2.23. The molecule has 3 aromatic heterocycles. The van der Waals surface area contributed by atoms with Gasteiger partial charge < -0.3 is 13.9 Å². The minimum Gasteiger partial charge on any atom is -0.496 e. The van der Waals surface area contributed by atoms with Gasteiger partial charge in [0, 0.05) is 17.0 Å². The van der Waals surface area contributed by atoms with Gasteiger partial charge in [-0.2, -0.15) is 0 Å². The Bertz CT molecular complexity index is 1760. The summed E-state index contributed by atoms with van der Waals surface area (Å²) < 4.78 is 18.5. The molecule has 0 aliphatic carbocycles. The minimum absolute atomic E-state index is 0.0104. The van der Waals surface area contributed by atoms with Crippen LogP contribution in [0, 0.1) is 4.91 Å². The van der Waals surface area contributed by atoms with Crippen LogP contribution in [0.5, 0.6) is 5.75 Å². The normalized spacial score (nSPS) is 15.2. The van der Waals surface area contributed by atoms with E-state index in [1.54, 1.807) is 38.1 Å². The lowest BCUT2D eigenvalue weighted by atomic mass is 10.0. The highest BCUT2D eigenvalue weighted by molar-refractivity contribution is 7.10. The summed E-state index contributed by atoms with van der Waals surface area (Å²) in [5, 5.41) is 11.1. The number of thiazole rings is 1. The number of carbonyl (C=O) groups excluding carboxylic acids is 1. The fraction of sp³-hybridized carbons (Fsp3) is 0.192. The van der Waals surface area contributed by atoms with Gasteiger partial charge in [-0.15, -0.1) is 11.3 Å². The number of rotatable bonds is 7. The third-order valence-electron chi connectivity index (χ3n) is 5.90. The lowest BCUT2D eigenvalue weighted by molar-refractivity contribution is -0.729. The van der Waals surface area contributed by atoms with Crippen molar-refractivity contribution in [3.05, 3.63) is 94.3 Å². The van der Waals surface area contributed by atoms with Gasteiger partial charge in [-0.25, -0.2) is 15.0 Å². The second-order valence-corrected chi connectivity index (χ2v) is 10.2. The molecule has 0 amide bonds. The van der Waals surface area contributed by atoms with Gasteiger partial charge in [-0.05, 0) is 43.5 Å². The molecule has 0 spiro atoms. The van der Waals surface area contributed by atoms with Crippen LogP contribution in [0.1, 0.15) is 30.5 Å². The van der Waals surface area contributed by atoms with E-state index in [2.05, 4.69) is 4.99 Å². The molecule has 194 valence electrons. The van der Waals surface area contributed by atoms with Crippen molar-refractivity contribution < 1.29 is 28.8 Å². The average molecular weight is 553 g/mol. The van der Waals surface area contributed by atoms with E-state index in [0.717, 1.165) is 4.88 Å². The molecular weight excluding hydrogens is 530 g/mol. The first-order chi connectivity index (χ1) is 18.3. The molecule has 1 aromatic carbocycles. The van der Waals surface area contributed by atoms with Crippen LogP contribution >= 0.6 is 22.7 Å². The van der Waals surface area contributed by atoms with Crippen molar-refractivity contribution in [2.45, 2.75) is 19.9 Å². The van der Waals surface area contributed by atoms with E-state index in [4.69, 9.17) is 19.1 Å². The van der Waals surface area contributed by atoms with Crippen LogP contribution in [-0.2, 0) is 9.53 Å². The molecule has 38 heavy (non-hydrogen) atoms. The van der Waals surface area contributed by atoms with Crippen molar-refractivity contribution in [1.82, 2.24) is 4.57 Å². The predicted molar refractivity (Wildman–Crippen MR) is 140 cm³/mol. The van der Waals surface area contributed by atoms with Crippen molar-refractivity contribution in [2.24, 2.45) is 4.99 Å². The van der Waals surface area contributed by atoms with Crippen molar-refractivity contribution in [3.8, 4) is 17.1 Å². The molecule has 0 fully saturated rings. The number of ether oxygens (including phenoxy) is 2. The SMILES string of the molecule is CCOC(=O)C1=C(C)N=c2s/c(=C/c3ccc(-c4ccc([N+](=O)O)cc4OC)o3)c(=O)n2C1c1cccs1. The quantitative estimate of drug-likeness (QED) is 0.272. The summed E-state index contributed by atoms with van der Waals surface area (Å²) in [6.45, 7) is 3.68. The molecule has 5 rings (SSSR count). The topological polar surface area (TPSA) is 123 Å². The molecule has 1 aliphatic rings. The van der Waals surface area contributed by atoms with Crippen LogP contribution in [0.3, 0.4) is 0 Å². The van der Waals surface area contributed by atoms with Crippen LogP contribution in [0.25, 0.3) is 17.4 Å². The van der Waals surface area contributed by atoms with Gasteiger partial charge in [0.1, 0.15) is 23.3 Å². The van der Waals surface area contributed by atoms with Crippen molar-refractivity contribution in [3.63, 3.8) is 0 Å². The summed E-state index contributed by atoms with van der Waals surface area (Å²) in [4.78, 5) is 43.3. The number of carbonyl (C=O) groups is 1. The highest BCUT2D eigenvalue weighted by Crippen LogP contribution is 2.35. The zero-order chi connectivity index (χ0) is 27.0. The number of benzene rings is 1. The Morgan fingerprint density at radius 2 is 2.11 bits per heavy atom. The smallest absolute Gasteiger partial charge is 0.338 e. The third kappa shape index (κ3) is 4.48. The average Bonchev–Trinajstić information content (AvgIpc) is 3.65. The number of fused-ring (bicyclic) bond motifs is 1. The van der Waals surface area contributed by atoms with E-state index >= 15 is 0 Å².